The van der Waals surface area contributed by atoms with Crippen LogP contribution in [0.3, 0.4) is 0 Å². The summed E-state index contributed by atoms with van der Waals surface area (Å²) in [6.45, 7) is 45.2. The molecule has 70 heavy (non-hydrogen) atoms. The molecule has 0 spiro atoms. The van der Waals surface area contributed by atoms with Crippen molar-refractivity contribution in [2.45, 2.75) is 210 Å². The van der Waals surface area contributed by atoms with Gasteiger partial charge >= 0.3 is 83.7 Å². The fourth-order valence-electron chi connectivity index (χ4n) is 8.54. The summed E-state index contributed by atoms with van der Waals surface area (Å²) in [6.07, 6.45) is 20.0. The van der Waals surface area contributed by atoms with Crippen molar-refractivity contribution in [1.82, 2.24) is 0 Å². The molecule has 0 bridgehead atoms. The van der Waals surface area contributed by atoms with Crippen LogP contribution in [0.15, 0.2) is 95.1 Å². The van der Waals surface area contributed by atoms with Crippen LogP contribution >= 0.6 is 0 Å². The Morgan fingerprint density at radius 3 is 0.986 bits per heavy atom. The maximum Gasteiger partial charge on any atom is -1.00 e. The van der Waals surface area contributed by atoms with Crippen molar-refractivity contribution in [1.29, 1.82) is 0 Å². The molecule has 0 aromatic heterocycles. The van der Waals surface area contributed by atoms with Gasteiger partial charge in [0.15, 0.2) is 0 Å². The van der Waals surface area contributed by atoms with Crippen LogP contribution in [0.1, 0.15) is 194 Å². The summed E-state index contributed by atoms with van der Waals surface area (Å²) in [7, 11) is 0. The molecule has 0 aliphatic heterocycles. The predicted molar refractivity (Wildman–Crippen MR) is 297 cm³/mol. The summed E-state index contributed by atoms with van der Waals surface area (Å²) in [5.74, 6) is 0. The molecular weight excluding hydrogens is 1080 g/mol. The van der Waals surface area contributed by atoms with E-state index in [0.29, 0.717) is 0 Å². The minimum Gasteiger partial charge on any atom is -1.00 e. The molecule has 0 radical (unpaired) electrons. The van der Waals surface area contributed by atoms with Crippen LogP contribution in [0.2, 0.25) is 26.2 Å². The standard InChI is InChI=1S/2C21H25.2C9H13.2C2H6Si.2ClH.2Zr/c2*1-20(2,3)16-7-9-18-14(12-16)11-15-13-17(21(4,5)6)8-10-19(15)18;2*1-3-8-6-5-7-9(8)4-2;2*1-3-2;;;;/h2*7-10,12H,11H2,1-6H3;2*6H,3-5H2,1-2H3;2*1-2H3;2*1H;;/q4*-1;;;;;2*+2/p-2. The van der Waals surface area contributed by atoms with Crippen LogP contribution in [0.5, 0.6) is 0 Å². The van der Waals surface area contributed by atoms with Crippen molar-refractivity contribution in [2.24, 2.45) is 0 Å². The van der Waals surface area contributed by atoms with Gasteiger partial charge in [-0.1, -0.05) is 184 Å². The largest absolute Gasteiger partial charge is 1.00 e. The van der Waals surface area contributed by atoms with Crippen LogP contribution in [-0.2, 0) is 81.2 Å². The van der Waals surface area contributed by atoms with Crippen molar-refractivity contribution in [2.75, 3.05) is 0 Å². The molecule has 0 nitrogen and oxygen atoms in total. The van der Waals surface area contributed by atoms with E-state index >= 15 is 0 Å². The van der Waals surface area contributed by atoms with E-state index in [1.54, 1.807) is 46.7 Å². The van der Waals surface area contributed by atoms with Crippen LogP contribution in [-0.4, -0.2) is 10.9 Å². The number of fused-ring (bicyclic) bond motifs is 6. The van der Waals surface area contributed by atoms with Crippen LogP contribution in [0.4, 0.5) is 0 Å². The molecule has 4 aromatic rings. The average molecular weight is 1170 g/mol. The fraction of sp³-hybridized carbons (Fsp3) is 0.500. The Labute approximate surface area is 473 Å². The van der Waals surface area contributed by atoms with E-state index in [9.17, 15) is 0 Å². The first kappa shape index (κ1) is 66.6. The van der Waals surface area contributed by atoms with Crippen molar-refractivity contribution in [3.05, 3.63) is 164 Å². The maximum absolute atomic E-state index is 3.67. The minimum atomic E-state index is 0. The van der Waals surface area contributed by atoms with Gasteiger partial charge in [-0.05, 0) is 56.8 Å². The molecule has 0 saturated heterocycles. The Hall–Kier alpha value is -1.38. The normalized spacial score (nSPS) is 13.7. The number of allylic oxidation sites excluding steroid dienone is 8. The van der Waals surface area contributed by atoms with Gasteiger partial charge in [-0.15, -0.1) is 35.1 Å². The number of hydrogen-bond acceptors (Lipinski definition) is 0. The second-order valence-electron chi connectivity index (χ2n) is 23.2. The fourth-order valence-corrected chi connectivity index (χ4v) is 8.54. The van der Waals surface area contributed by atoms with Crippen LogP contribution in [0.25, 0.3) is 22.3 Å². The number of rotatable bonds is 4. The first-order valence-corrected chi connectivity index (χ1v) is 37.9. The van der Waals surface area contributed by atoms with Crippen molar-refractivity contribution >= 4 is 10.9 Å². The summed E-state index contributed by atoms with van der Waals surface area (Å²) in [5, 5.41) is 0. The Balaban J connectivity index is 0.000000464. The van der Waals surface area contributed by atoms with E-state index in [1.807, 2.05) is 0 Å². The van der Waals surface area contributed by atoms with Crippen molar-refractivity contribution in [3.8, 4) is 22.3 Å². The zero-order chi connectivity index (χ0) is 51.4. The van der Waals surface area contributed by atoms with Gasteiger partial charge in [0.2, 0.25) is 0 Å². The van der Waals surface area contributed by atoms with Gasteiger partial charge in [0.1, 0.15) is 0 Å². The second kappa shape index (κ2) is 29.6. The molecule has 0 amide bonds. The summed E-state index contributed by atoms with van der Waals surface area (Å²) in [5.41, 5.74) is 23.7. The molecule has 376 valence electrons. The number of halogens is 2. The number of hydrogen-bond donors (Lipinski definition) is 0. The molecule has 8 rings (SSSR count). The van der Waals surface area contributed by atoms with Crippen LogP contribution < -0.4 is 24.8 Å². The third-order valence-electron chi connectivity index (χ3n) is 12.5. The molecule has 0 fully saturated rings. The molecule has 4 aliphatic carbocycles. The van der Waals surface area contributed by atoms with Crippen molar-refractivity contribution in [3.63, 3.8) is 0 Å². The Morgan fingerprint density at radius 2 is 0.743 bits per heavy atom. The second-order valence-corrected chi connectivity index (χ2v) is 42.0. The summed E-state index contributed by atoms with van der Waals surface area (Å²) < 4.78 is 0. The van der Waals surface area contributed by atoms with Gasteiger partial charge < -0.3 is 24.8 Å². The molecule has 6 heteroatoms. The first-order chi connectivity index (χ1) is 31.5. The van der Waals surface area contributed by atoms with E-state index in [0.717, 1.165) is 38.5 Å². The van der Waals surface area contributed by atoms with Crippen molar-refractivity contribution < 1.29 is 71.5 Å². The smallest absolute Gasteiger partial charge is 1.00 e. The van der Waals surface area contributed by atoms with E-state index in [-0.39, 0.29) is 57.3 Å². The van der Waals surface area contributed by atoms with Crippen LogP contribution in [0, 0.1) is 24.3 Å². The third-order valence-corrected chi connectivity index (χ3v) is 12.5. The van der Waals surface area contributed by atoms with Gasteiger partial charge in [0, 0.05) is 0 Å². The summed E-state index contributed by atoms with van der Waals surface area (Å²) in [4.78, 5) is 0. The molecule has 0 atom stereocenters. The Bertz CT molecular complexity index is 2160. The van der Waals surface area contributed by atoms with Gasteiger partial charge in [-0.25, -0.2) is 11.1 Å². The summed E-state index contributed by atoms with van der Waals surface area (Å²) in [6, 6.07) is 30.3. The maximum atomic E-state index is 3.67. The molecule has 0 unspecified atom stereocenters. The molecule has 0 heterocycles. The number of benzene rings is 4. The average Bonchev–Trinajstić information content (AvgIpc) is 4.06. The molecule has 0 N–H and O–H groups in total. The first-order valence-electron chi connectivity index (χ1n) is 25.6. The SMILES string of the molecule is CC(C)(C)c1[c-]c2c(cc1)-c1ccc(C(C)(C)C)cc1C2.CC(C)(C)c1[c-]c2c(cc1)-c1ccc(C(C)(C)C)cc1C2.CCC1=[C-]CC=C1CC.CCC1=[C-]CC=C1CC.C[Si](C)=[Zr+2].C[Si](C)=[Zr+2].[Cl-].[Cl-]. The monoisotopic (exact) mass is 1160 g/mol. The topological polar surface area (TPSA) is 0 Å². The van der Waals surface area contributed by atoms with E-state index in [4.69, 9.17) is 0 Å². The van der Waals surface area contributed by atoms with Gasteiger partial charge in [0.05, 0.1) is 0 Å². The van der Waals surface area contributed by atoms with Gasteiger partial charge in [0.25, 0.3) is 0 Å². The Kier molecular flexibility index (Phi) is 28.2. The van der Waals surface area contributed by atoms with E-state index in [1.165, 1.54) is 102 Å². The quantitative estimate of drug-likeness (QED) is 0.122. The van der Waals surface area contributed by atoms with Gasteiger partial charge in [-0.2, -0.15) is 70.8 Å². The minimum absolute atomic E-state index is 0. The Morgan fingerprint density at radius 1 is 0.443 bits per heavy atom. The molecule has 4 aliphatic rings. The predicted octanol–water partition coefficient (Wildman–Crippen LogP) is 12.6. The van der Waals surface area contributed by atoms with Gasteiger partial charge in [-0.3, -0.25) is 12.2 Å². The summed E-state index contributed by atoms with van der Waals surface area (Å²) >= 11 is 3.48. The van der Waals surface area contributed by atoms with E-state index < -0.39 is 0 Å². The van der Waals surface area contributed by atoms with E-state index in [2.05, 4.69) is 234 Å². The molecular formula is C64H88Cl2Si2Zr2-2. The third kappa shape index (κ3) is 20.4. The molecule has 0 saturated carbocycles. The zero-order valence-electron chi connectivity index (χ0n) is 47.3. The zero-order valence-corrected chi connectivity index (χ0v) is 55.8. The molecule has 4 aromatic carbocycles.